The highest BCUT2D eigenvalue weighted by molar-refractivity contribution is 5.94. The molecule has 29 heavy (non-hydrogen) atoms. The van der Waals surface area contributed by atoms with Crippen LogP contribution in [0.5, 0.6) is 0 Å². The number of esters is 1. The van der Waals surface area contributed by atoms with Gasteiger partial charge in [0.25, 0.3) is 5.56 Å². The van der Waals surface area contributed by atoms with Crippen LogP contribution in [0.2, 0.25) is 0 Å². The number of carbonyl (C=O) groups excluding carboxylic acids is 1. The molecule has 0 atom stereocenters. The summed E-state index contributed by atoms with van der Waals surface area (Å²) in [6.07, 6.45) is 3.22. The lowest BCUT2D eigenvalue weighted by Gasteiger charge is -2.30. The van der Waals surface area contributed by atoms with Crippen molar-refractivity contribution in [1.29, 1.82) is 0 Å². The van der Waals surface area contributed by atoms with Gasteiger partial charge in [0.15, 0.2) is 0 Å². The number of aromatic nitrogens is 2. The summed E-state index contributed by atoms with van der Waals surface area (Å²) in [5.74, 6) is -0.207. The predicted octanol–water partition coefficient (Wildman–Crippen LogP) is 3.36. The van der Waals surface area contributed by atoms with Gasteiger partial charge < -0.3 is 9.64 Å². The van der Waals surface area contributed by atoms with Crippen LogP contribution in [-0.2, 0) is 11.3 Å². The van der Waals surface area contributed by atoms with Crippen molar-refractivity contribution in [1.82, 2.24) is 9.55 Å². The first-order chi connectivity index (χ1) is 14.1. The summed E-state index contributed by atoms with van der Waals surface area (Å²) in [7, 11) is 1.32. The molecule has 2 aromatic carbocycles. The zero-order valence-corrected chi connectivity index (χ0v) is 16.2. The number of carbonyl (C=O) groups is 1. The molecule has 1 fully saturated rings. The summed E-state index contributed by atoms with van der Waals surface area (Å²) in [5.41, 5.74) is 1.46. The maximum absolute atomic E-state index is 13.3. The first kappa shape index (κ1) is 19.1. The van der Waals surface area contributed by atoms with Gasteiger partial charge in [0.1, 0.15) is 5.82 Å². The highest BCUT2D eigenvalue weighted by Gasteiger charge is 2.20. The van der Waals surface area contributed by atoms with Gasteiger partial charge in [-0.15, -0.1) is 0 Å². The second-order valence-electron chi connectivity index (χ2n) is 7.20. The van der Waals surface area contributed by atoms with E-state index in [0.717, 1.165) is 37.9 Å². The number of anilines is 1. The minimum absolute atomic E-state index is 0.184. The van der Waals surface area contributed by atoms with E-state index in [9.17, 15) is 14.0 Å². The third-order valence-corrected chi connectivity index (χ3v) is 5.25. The smallest absolute Gasteiger partial charge is 0.337 e. The molecule has 1 saturated heterocycles. The van der Waals surface area contributed by atoms with Crippen LogP contribution < -0.4 is 10.5 Å². The predicted molar refractivity (Wildman–Crippen MR) is 109 cm³/mol. The minimum atomic E-state index is -0.469. The summed E-state index contributed by atoms with van der Waals surface area (Å²) in [5, 5.41) is 0.431. The van der Waals surface area contributed by atoms with Crippen LogP contribution in [0.1, 0.15) is 35.2 Å². The Balaban J connectivity index is 1.86. The maximum atomic E-state index is 13.3. The Hall–Kier alpha value is -3.22. The molecule has 0 N–H and O–H groups in total. The van der Waals surface area contributed by atoms with E-state index >= 15 is 0 Å². The Morgan fingerprint density at radius 1 is 1.10 bits per heavy atom. The maximum Gasteiger partial charge on any atom is 0.337 e. The SMILES string of the molecule is COC(=O)c1ccc2c(=O)n(Cc3ccc(F)cc3)c(N3CCCCC3)nc2c1. The van der Waals surface area contributed by atoms with Gasteiger partial charge in [0.05, 0.1) is 30.1 Å². The molecule has 150 valence electrons. The van der Waals surface area contributed by atoms with Crippen molar-refractivity contribution in [3.8, 4) is 0 Å². The lowest BCUT2D eigenvalue weighted by Crippen LogP contribution is -2.36. The monoisotopic (exact) mass is 395 g/mol. The van der Waals surface area contributed by atoms with Gasteiger partial charge in [-0.25, -0.2) is 14.2 Å². The Morgan fingerprint density at radius 3 is 2.52 bits per heavy atom. The number of ether oxygens (including phenoxy) is 1. The number of fused-ring (bicyclic) bond motifs is 1. The number of hydrogen-bond acceptors (Lipinski definition) is 5. The lowest BCUT2D eigenvalue weighted by atomic mass is 10.1. The summed E-state index contributed by atoms with van der Waals surface area (Å²) < 4.78 is 19.7. The van der Waals surface area contributed by atoms with Gasteiger partial charge in [-0.2, -0.15) is 0 Å². The van der Waals surface area contributed by atoms with Crippen molar-refractivity contribution in [2.75, 3.05) is 25.1 Å². The normalized spacial score (nSPS) is 14.2. The van der Waals surface area contributed by atoms with Gasteiger partial charge in [0, 0.05) is 13.1 Å². The van der Waals surface area contributed by atoms with E-state index in [-0.39, 0.29) is 11.4 Å². The molecule has 0 saturated carbocycles. The minimum Gasteiger partial charge on any atom is -0.465 e. The van der Waals surface area contributed by atoms with E-state index < -0.39 is 5.97 Å². The molecular weight excluding hydrogens is 373 g/mol. The van der Waals surface area contributed by atoms with Crippen molar-refractivity contribution in [2.24, 2.45) is 0 Å². The van der Waals surface area contributed by atoms with Gasteiger partial charge in [-0.1, -0.05) is 12.1 Å². The van der Waals surface area contributed by atoms with Crippen LogP contribution in [0.15, 0.2) is 47.3 Å². The molecule has 0 amide bonds. The van der Waals surface area contributed by atoms with Crippen molar-refractivity contribution >= 4 is 22.8 Å². The van der Waals surface area contributed by atoms with E-state index in [1.807, 2.05) is 0 Å². The number of hydrogen-bond donors (Lipinski definition) is 0. The fraction of sp³-hybridized carbons (Fsp3) is 0.318. The zero-order valence-electron chi connectivity index (χ0n) is 16.2. The first-order valence-corrected chi connectivity index (χ1v) is 9.69. The second kappa shape index (κ2) is 8.03. The van der Waals surface area contributed by atoms with E-state index in [2.05, 4.69) is 4.90 Å². The molecule has 1 aliphatic heterocycles. The third kappa shape index (κ3) is 3.85. The number of nitrogens with zero attached hydrogens (tertiary/aromatic N) is 3. The fourth-order valence-corrected chi connectivity index (χ4v) is 3.70. The average molecular weight is 395 g/mol. The molecule has 4 rings (SSSR count). The van der Waals surface area contributed by atoms with Crippen LogP contribution in [0.25, 0.3) is 10.9 Å². The molecule has 3 aromatic rings. The van der Waals surface area contributed by atoms with Gasteiger partial charge >= 0.3 is 5.97 Å². The number of benzene rings is 2. The first-order valence-electron chi connectivity index (χ1n) is 9.69. The van der Waals surface area contributed by atoms with Crippen LogP contribution in [0, 0.1) is 5.82 Å². The molecule has 0 spiro atoms. The lowest BCUT2D eigenvalue weighted by molar-refractivity contribution is 0.0601. The number of piperidine rings is 1. The Kier molecular flexibility index (Phi) is 5.29. The van der Waals surface area contributed by atoms with E-state index in [4.69, 9.17) is 9.72 Å². The van der Waals surface area contributed by atoms with E-state index in [0.29, 0.717) is 29.0 Å². The summed E-state index contributed by atoms with van der Waals surface area (Å²) in [6.45, 7) is 1.93. The summed E-state index contributed by atoms with van der Waals surface area (Å²) in [6, 6.07) is 10.9. The standard InChI is InChI=1S/C22H22FN3O3/c1-29-21(28)16-7-10-18-19(13-16)24-22(25-11-3-2-4-12-25)26(20(18)27)14-15-5-8-17(23)9-6-15/h5-10,13H,2-4,11-12,14H2,1H3. The van der Waals surface area contributed by atoms with E-state index in [1.54, 1.807) is 34.9 Å². The topological polar surface area (TPSA) is 64.4 Å². The van der Waals surface area contributed by atoms with Crippen LogP contribution in [0.3, 0.4) is 0 Å². The van der Waals surface area contributed by atoms with Gasteiger partial charge in [0.2, 0.25) is 5.95 Å². The highest BCUT2D eigenvalue weighted by atomic mass is 19.1. The number of rotatable bonds is 4. The molecule has 6 nitrogen and oxygen atoms in total. The molecule has 7 heteroatoms. The van der Waals surface area contributed by atoms with Crippen LogP contribution in [-0.4, -0.2) is 35.7 Å². The average Bonchev–Trinajstić information content (AvgIpc) is 2.76. The van der Waals surface area contributed by atoms with Crippen molar-refractivity contribution < 1.29 is 13.9 Å². The zero-order chi connectivity index (χ0) is 20.4. The molecule has 0 radical (unpaired) electrons. The summed E-state index contributed by atoms with van der Waals surface area (Å²) >= 11 is 0. The molecule has 2 heterocycles. The van der Waals surface area contributed by atoms with Gasteiger partial charge in [-0.05, 0) is 55.2 Å². The quantitative estimate of drug-likeness (QED) is 0.634. The number of methoxy groups -OCH3 is 1. The van der Waals surface area contributed by atoms with Crippen LogP contribution >= 0.6 is 0 Å². The number of halogens is 1. The van der Waals surface area contributed by atoms with E-state index in [1.165, 1.54) is 19.2 Å². The molecule has 0 aliphatic carbocycles. The Labute approximate surface area is 167 Å². The largest absolute Gasteiger partial charge is 0.465 e. The Morgan fingerprint density at radius 2 is 1.83 bits per heavy atom. The molecule has 0 unspecified atom stereocenters. The third-order valence-electron chi connectivity index (χ3n) is 5.25. The fourth-order valence-electron chi connectivity index (χ4n) is 3.70. The molecular formula is C22H22FN3O3. The second-order valence-corrected chi connectivity index (χ2v) is 7.20. The molecule has 0 bridgehead atoms. The van der Waals surface area contributed by atoms with Crippen molar-refractivity contribution in [3.05, 3.63) is 69.8 Å². The van der Waals surface area contributed by atoms with Crippen molar-refractivity contribution in [3.63, 3.8) is 0 Å². The molecule has 1 aromatic heterocycles. The molecule has 1 aliphatic rings. The van der Waals surface area contributed by atoms with Crippen molar-refractivity contribution in [2.45, 2.75) is 25.8 Å². The Bertz CT molecular complexity index is 1100. The van der Waals surface area contributed by atoms with Crippen LogP contribution in [0.4, 0.5) is 10.3 Å². The highest BCUT2D eigenvalue weighted by Crippen LogP contribution is 2.21. The van der Waals surface area contributed by atoms with Gasteiger partial charge in [-0.3, -0.25) is 9.36 Å². The summed E-state index contributed by atoms with van der Waals surface area (Å²) in [4.78, 5) is 32.1.